The number of halogens is 3. The summed E-state index contributed by atoms with van der Waals surface area (Å²) in [6, 6.07) is 2.90. The molecule has 1 aliphatic rings. The molecule has 0 aromatic heterocycles. The van der Waals surface area contributed by atoms with E-state index in [0.29, 0.717) is 4.47 Å². The van der Waals surface area contributed by atoms with Gasteiger partial charge < -0.3 is 10.2 Å². The number of hydrogen-bond donors (Lipinski definition) is 1. The Morgan fingerprint density at radius 1 is 1.25 bits per heavy atom. The maximum Gasteiger partial charge on any atom is 0.144 e. The van der Waals surface area contributed by atoms with Gasteiger partial charge in [0.05, 0.1) is 4.47 Å². The van der Waals surface area contributed by atoms with Gasteiger partial charge in [0.2, 0.25) is 0 Å². The molecule has 0 saturated carbocycles. The van der Waals surface area contributed by atoms with Crippen molar-refractivity contribution in [1.29, 1.82) is 0 Å². The first-order chi connectivity index (χ1) is 9.58. The summed E-state index contributed by atoms with van der Waals surface area (Å²) in [5.74, 6) is -1.01. The summed E-state index contributed by atoms with van der Waals surface area (Å²) < 4.78 is 27.8. The van der Waals surface area contributed by atoms with Crippen LogP contribution in [0.2, 0.25) is 0 Å². The fourth-order valence-electron chi connectivity index (χ4n) is 2.60. The molecule has 0 radical (unpaired) electrons. The molecule has 1 saturated heterocycles. The molecule has 1 aromatic carbocycles. The molecule has 1 aromatic rings. The number of piperidine rings is 1. The quantitative estimate of drug-likeness (QED) is 0.818. The molecular formula is C15H21BrF2N2. The highest BCUT2D eigenvalue weighted by atomic mass is 79.9. The topological polar surface area (TPSA) is 15.3 Å². The zero-order chi connectivity index (χ0) is 14.5. The average Bonchev–Trinajstić information content (AvgIpc) is 2.44. The van der Waals surface area contributed by atoms with E-state index in [-0.39, 0.29) is 18.2 Å². The predicted octanol–water partition coefficient (Wildman–Crippen LogP) is 3.69. The monoisotopic (exact) mass is 346 g/mol. The Kier molecular flexibility index (Phi) is 5.93. The summed E-state index contributed by atoms with van der Waals surface area (Å²) in [6.45, 7) is 5.46. The van der Waals surface area contributed by atoms with Crippen LogP contribution in [0.5, 0.6) is 0 Å². The van der Waals surface area contributed by atoms with Crippen LogP contribution in [0.25, 0.3) is 0 Å². The normalized spacial score (nSPS) is 18.2. The molecule has 1 unspecified atom stereocenters. The molecule has 5 heteroatoms. The van der Waals surface area contributed by atoms with Crippen LogP contribution in [0.3, 0.4) is 0 Å². The molecule has 0 bridgehead atoms. The van der Waals surface area contributed by atoms with Crippen molar-refractivity contribution in [3.05, 3.63) is 33.8 Å². The lowest BCUT2D eigenvalue weighted by molar-refractivity contribution is 0.208. The molecule has 0 amide bonds. The first-order valence-corrected chi connectivity index (χ1v) is 7.95. The average molecular weight is 347 g/mol. The Morgan fingerprint density at radius 2 is 1.95 bits per heavy atom. The van der Waals surface area contributed by atoms with Crippen molar-refractivity contribution in [2.24, 2.45) is 0 Å². The van der Waals surface area contributed by atoms with Crippen molar-refractivity contribution in [1.82, 2.24) is 10.2 Å². The Morgan fingerprint density at radius 3 is 2.65 bits per heavy atom. The lowest BCUT2D eigenvalue weighted by atomic mass is 10.1. The van der Waals surface area contributed by atoms with Gasteiger partial charge in [0, 0.05) is 24.7 Å². The molecule has 1 heterocycles. The van der Waals surface area contributed by atoms with Crippen LogP contribution in [-0.2, 0) is 6.54 Å². The molecule has 2 rings (SSSR count). The second-order valence-corrected chi connectivity index (χ2v) is 6.32. The highest BCUT2D eigenvalue weighted by Gasteiger charge is 2.16. The Bertz CT molecular complexity index is 448. The highest BCUT2D eigenvalue weighted by molar-refractivity contribution is 9.10. The van der Waals surface area contributed by atoms with Gasteiger partial charge in [0.25, 0.3) is 0 Å². The van der Waals surface area contributed by atoms with E-state index < -0.39 is 11.6 Å². The number of likely N-dealkylation sites (tertiary alicyclic amines) is 1. The SMILES string of the molecule is CC(CN1CCCCC1)NCc1c(F)ccc(Br)c1F. The van der Waals surface area contributed by atoms with Gasteiger partial charge in [-0.1, -0.05) is 6.42 Å². The zero-order valence-electron chi connectivity index (χ0n) is 11.8. The van der Waals surface area contributed by atoms with E-state index in [0.717, 1.165) is 19.6 Å². The Balaban J connectivity index is 1.86. The second-order valence-electron chi connectivity index (χ2n) is 5.46. The predicted molar refractivity (Wildman–Crippen MR) is 80.7 cm³/mol. The van der Waals surface area contributed by atoms with Crippen molar-refractivity contribution in [3.63, 3.8) is 0 Å². The lowest BCUT2D eigenvalue weighted by Crippen LogP contribution is -2.41. The maximum absolute atomic E-state index is 13.8. The largest absolute Gasteiger partial charge is 0.309 e. The molecule has 1 atom stereocenters. The van der Waals surface area contributed by atoms with Crippen molar-refractivity contribution in [3.8, 4) is 0 Å². The second kappa shape index (κ2) is 7.48. The summed E-state index contributed by atoms with van der Waals surface area (Å²) in [4.78, 5) is 2.41. The minimum absolute atomic E-state index is 0.102. The van der Waals surface area contributed by atoms with Gasteiger partial charge in [-0.15, -0.1) is 0 Å². The summed E-state index contributed by atoms with van der Waals surface area (Å²) in [5.41, 5.74) is 0.102. The Labute approximate surface area is 127 Å². The molecule has 1 N–H and O–H groups in total. The number of benzene rings is 1. The lowest BCUT2D eigenvalue weighted by Gasteiger charge is -2.29. The third kappa shape index (κ3) is 4.24. The Hall–Kier alpha value is -0.520. The number of nitrogens with one attached hydrogen (secondary N) is 1. The molecule has 0 spiro atoms. The third-order valence-electron chi connectivity index (χ3n) is 3.75. The van der Waals surface area contributed by atoms with E-state index in [1.54, 1.807) is 0 Å². The van der Waals surface area contributed by atoms with E-state index in [9.17, 15) is 8.78 Å². The first-order valence-electron chi connectivity index (χ1n) is 7.16. The summed E-state index contributed by atoms with van der Waals surface area (Å²) >= 11 is 3.09. The standard InChI is InChI=1S/C15H21BrF2N2/c1-11(10-20-7-3-2-4-8-20)19-9-12-14(17)6-5-13(16)15(12)18/h5-6,11,19H,2-4,7-10H2,1H3. The maximum atomic E-state index is 13.8. The van der Waals surface area contributed by atoms with E-state index in [4.69, 9.17) is 0 Å². The van der Waals surface area contributed by atoms with Crippen molar-refractivity contribution in [2.45, 2.75) is 38.8 Å². The minimum atomic E-state index is -0.511. The van der Waals surface area contributed by atoms with E-state index >= 15 is 0 Å². The van der Waals surface area contributed by atoms with Crippen molar-refractivity contribution in [2.75, 3.05) is 19.6 Å². The molecular weight excluding hydrogens is 326 g/mol. The molecule has 2 nitrogen and oxygen atoms in total. The first kappa shape index (κ1) is 15.9. The van der Waals surface area contributed by atoms with Gasteiger partial charge in [-0.05, 0) is 60.9 Å². The van der Waals surface area contributed by atoms with Crippen LogP contribution in [0.1, 0.15) is 31.7 Å². The smallest absolute Gasteiger partial charge is 0.144 e. The van der Waals surface area contributed by atoms with Crippen LogP contribution in [0, 0.1) is 11.6 Å². The van der Waals surface area contributed by atoms with Gasteiger partial charge in [0.1, 0.15) is 11.6 Å². The number of hydrogen-bond acceptors (Lipinski definition) is 2. The molecule has 1 fully saturated rings. The zero-order valence-corrected chi connectivity index (χ0v) is 13.3. The van der Waals surface area contributed by atoms with Gasteiger partial charge >= 0.3 is 0 Å². The van der Waals surface area contributed by atoms with Crippen molar-refractivity contribution < 1.29 is 8.78 Å². The van der Waals surface area contributed by atoms with Crippen LogP contribution < -0.4 is 5.32 Å². The van der Waals surface area contributed by atoms with Gasteiger partial charge in [0.15, 0.2) is 0 Å². The third-order valence-corrected chi connectivity index (χ3v) is 4.36. The van der Waals surface area contributed by atoms with Gasteiger partial charge in [-0.2, -0.15) is 0 Å². The number of nitrogens with zero attached hydrogens (tertiary/aromatic N) is 1. The van der Waals surface area contributed by atoms with Crippen LogP contribution in [0.15, 0.2) is 16.6 Å². The fraction of sp³-hybridized carbons (Fsp3) is 0.600. The summed E-state index contributed by atoms with van der Waals surface area (Å²) in [6.07, 6.45) is 3.82. The van der Waals surface area contributed by atoms with Crippen LogP contribution >= 0.6 is 15.9 Å². The fourth-order valence-corrected chi connectivity index (χ4v) is 2.97. The molecule has 112 valence electrons. The highest BCUT2D eigenvalue weighted by Crippen LogP contribution is 2.21. The van der Waals surface area contributed by atoms with E-state index in [1.807, 2.05) is 0 Å². The van der Waals surface area contributed by atoms with Gasteiger partial charge in [-0.25, -0.2) is 8.78 Å². The molecule has 20 heavy (non-hydrogen) atoms. The molecule has 0 aliphatic carbocycles. The molecule has 1 aliphatic heterocycles. The summed E-state index contributed by atoms with van der Waals surface area (Å²) in [7, 11) is 0. The van der Waals surface area contributed by atoms with E-state index in [2.05, 4.69) is 33.1 Å². The van der Waals surface area contributed by atoms with Crippen LogP contribution in [-0.4, -0.2) is 30.6 Å². The summed E-state index contributed by atoms with van der Waals surface area (Å²) in [5, 5.41) is 3.21. The van der Waals surface area contributed by atoms with Crippen LogP contribution in [0.4, 0.5) is 8.78 Å². The number of rotatable bonds is 5. The van der Waals surface area contributed by atoms with Crippen molar-refractivity contribution >= 4 is 15.9 Å². The van der Waals surface area contributed by atoms with E-state index in [1.165, 1.54) is 31.4 Å². The van der Waals surface area contributed by atoms with Gasteiger partial charge in [-0.3, -0.25) is 0 Å². The minimum Gasteiger partial charge on any atom is -0.309 e.